The van der Waals surface area contributed by atoms with Gasteiger partial charge in [0.05, 0.1) is 0 Å². The molecule has 0 aliphatic heterocycles. The molecule has 6 heteroatoms. The zero-order valence-corrected chi connectivity index (χ0v) is 9.88. The smallest absolute Gasteiger partial charge is 0.358 e. The second kappa shape index (κ2) is 6.39. The lowest BCUT2D eigenvalue weighted by Crippen LogP contribution is -2.14. The Balaban J connectivity index is 2.47. The van der Waals surface area contributed by atoms with Gasteiger partial charge in [0.1, 0.15) is 13.2 Å². The van der Waals surface area contributed by atoms with Crippen LogP contribution < -0.4 is 4.74 Å². The molecule has 0 bridgehead atoms. The molecule has 1 heterocycles. The van der Waals surface area contributed by atoms with Gasteiger partial charge in [0.25, 0.3) is 0 Å². The van der Waals surface area contributed by atoms with Crippen molar-refractivity contribution in [3.05, 3.63) is 36.2 Å². The van der Waals surface area contributed by atoms with E-state index in [2.05, 4.69) is 11.6 Å². The summed E-state index contributed by atoms with van der Waals surface area (Å²) in [6.45, 7) is 5.02. The zero-order valence-electron chi connectivity index (χ0n) is 9.88. The molecule has 0 aromatic carbocycles. The predicted octanol–water partition coefficient (Wildman–Crippen LogP) is 1.28. The summed E-state index contributed by atoms with van der Waals surface area (Å²) >= 11 is 0. The molecule has 18 heavy (non-hydrogen) atoms. The lowest BCUT2D eigenvalue weighted by molar-refractivity contribution is -0.139. The molecule has 96 valence electrons. The molecule has 0 atom stereocenters. The number of pyridine rings is 1. The van der Waals surface area contributed by atoms with Gasteiger partial charge in [0.2, 0.25) is 0 Å². The van der Waals surface area contributed by atoms with Gasteiger partial charge in [0, 0.05) is 11.8 Å². The Bertz CT molecular complexity index is 469. The molecular formula is C12H13NO5. The standard InChI is InChI=1S/C12H13NO5/c1-8(2)12(16)18-7-6-17-9-4-3-5-13-10(9)11(14)15/h3-5H,1,6-7H2,2H3,(H,14,15). The van der Waals surface area contributed by atoms with Crippen molar-refractivity contribution in [1.82, 2.24) is 4.98 Å². The minimum Gasteiger partial charge on any atom is -0.487 e. The summed E-state index contributed by atoms with van der Waals surface area (Å²) in [5.41, 5.74) is 0.117. The van der Waals surface area contributed by atoms with E-state index in [9.17, 15) is 9.59 Å². The van der Waals surface area contributed by atoms with Crippen LogP contribution in [-0.2, 0) is 9.53 Å². The number of carbonyl (C=O) groups is 2. The van der Waals surface area contributed by atoms with Gasteiger partial charge in [-0.1, -0.05) is 6.58 Å². The van der Waals surface area contributed by atoms with Crippen LogP contribution in [0.25, 0.3) is 0 Å². The van der Waals surface area contributed by atoms with Crippen molar-refractivity contribution >= 4 is 11.9 Å². The highest BCUT2D eigenvalue weighted by Crippen LogP contribution is 2.14. The maximum Gasteiger partial charge on any atom is 0.358 e. The average molecular weight is 251 g/mol. The number of hydrogen-bond acceptors (Lipinski definition) is 5. The van der Waals surface area contributed by atoms with Crippen LogP contribution >= 0.6 is 0 Å². The van der Waals surface area contributed by atoms with Crippen LogP contribution in [0.5, 0.6) is 5.75 Å². The Labute approximate surface area is 104 Å². The highest BCUT2D eigenvalue weighted by Gasteiger charge is 2.12. The minimum atomic E-state index is -1.18. The van der Waals surface area contributed by atoms with Crippen LogP contribution in [0, 0.1) is 0 Å². The third kappa shape index (κ3) is 3.89. The molecule has 0 fully saturated rings. The predicted molar refractivity (Wildman–Crippen MR) is 62.5 cm³/mol. The summed E-state index contributed by atoms with van der Waals surface area (Å²) in [5.74, 6) is -1.55. The van der Waals surface area contributed by atoms with Crippen molar-refractivity contribution in [3.63, 3.8) is 0 Å². The summed E-state index contributed by atoms with van der Waals surface area (Å²) in [5, 5.41) is 8.84. The number of hydrogen-bond donors (Lipinski definition) is 1. The number of carboxylic acid groups (broad SMARTS) is 1. The molecule has 6 nitrogen and oxygen atoms in total. The van der Waals surface area contributed by atoms with Gasteiger partial charge in [-0.2, -0.15) is 0 Å². The summed E-state index contributed by atoms with van der Waals surface area (Å²) < 4.78 is 9.97. The van der Waals surface area contributed by atoms with Gasteiger partial charge >= 0.3 is 11.9 Å². The van der Waals surface area contributed by atoms with Crippen LogP contribution in [0.15, 0.2) is 30.5 Å². The molecule has 0 unspecified atom stereocenters. The second-order valence-electron chi connectivity index (χ2n) is 3.42. The summed E-state index contributed by atoms with van der Waals surface area (Å²) in [6.07, 6.45) is 1.36. The van der Waals surface area contributed by atoms with E-state index in [0.717, 1.165) is 0 Å². The van der Waals surface area contributed by atoms with E-state index in [-0.39, 0.29) is 24.7 Å². The number of nitrogens with zero attached hydrogens (tertiary/aromatic N) is 1. The number of carbonyl (C=O) groups excluding carboxylic acids is 1. The first-order valence-electron chi connectivity index (χ1n) is 5.16. The molecule has 1 N–H and O–H groups in total. The lowest BCUT2D eigenvalue weighted by Gasteiger charge is -2.08. The number of aromatic carboxylic acids is 1. The Morgan fingerprint density at radius 1 is 1.44 bits per heavy atom. The van der Waals surface area contributed by atoms with E-state index in [1.165, 1.54) is 19.2 Å². The van der Waals surface area contributed by atoms with Crippen molar-refractivity contribution < 1.29 is 24.2 Å². The first kappa shape index (κ1) is 13.7. The van der Waals surface area contributed by atoms with Crippen LogP contribution in [0.4, 0.5) is 0 Å². The van der Waals surface area contributed by atoms with Crippen molar-refractivity contribution in [3.8, 4) is 5.75 Å². The third-order valence-electron chi connectivity index (χ3n) is 1.90. The average Bonchev–Trinajstić information content (AvgIpc) is 2.34. The van der Waals surface area contributed by atoms with Gasteiger partial charge in [-0.15, -0.1) is 0 Å². The first-order chi connectivity index (χ1) is 8.52. The van der Waals surface area contributed by atoms with E-state index in [1.807, 2.05) is 0 Å². The number of ether oxygens (including phenoxy) is 2. The topological polar surface area (TPSA) is 85.7 Å². The molecule has 0 radical (unpaired) electrons. The Kier molecular flexibility index (Phi) is 4.86. The molecule has 0 aliphatic rings. The highest BCUT2D eigenvalue weighted by atomic mass is 16.6. The first-order valence-corrected chi connectivity index (χ1v) is 5.16. The Morgan fingerprint density at radius 3 is 2.78 bits per heavy atom. The lowest BCUT2D eigenvalue weighted by atomic mass is 10.3. The van der Waals surface area contributed by atoms with Crippen LogP contribution in [0.2, 0.25) is 0 Å². The fourth-order valence-electron chi connectivity index (χ4n) is 1.08. The molecule has 0 saturated heterocycles. The molecule has 1 aromatic heterocycles. The summed E-state index contributed by atoms with van der Waals surface area (Å²) in [4.78, 5) is 25.5. The van der Waals surface area contributed by atoms with Crippen molar-refractivity contribution in [2.75, 3.05) is 13.2 Å². The van der Waals surface area contributed by atoms with Crippen LogP contribution in [0.3, 0.4) is 0 Å². The molecule has 1 rings (SSSR count). The second-order valence-corrected chi connectivity index (χ2v) is 3.42. The van der Waals surface area contributed by atoms with E-state index in [0.29, 0.717) is 5.57 Å². The highest BCUT2D eigenvalue weighted by molar-refractivity contribution is 5.88. The molecule has 0 saturated carbocycles. The van der Waals surface area contributed by atoms with Crippen molar-refractivity contribution in [2.45, 2.75) is 6.92 Å². The maximum atomic E-state index is 11.0. The van der Waals surface area contributed by atoms with E-state index in [4.69, 9.17) is 14.6 Å². The Hall–Kier alpha value is -2.37. The van der Waals surface area contributed by atoms with E-state index in [1.54, 1.807) is 6.07 Å². The maximum absolute atomic E-state index is 11.0. The number of carboxylic acids is 1. The third-order valence-corrected chi connectivity index (χ3v) is 1.90. The summed E-state index contributed by atoms with van der Waals surface area (Å²) in [7, 11) is 0. The summed E-state index contributed by atoms with van der Waals surface area (Å²) in [6, 6.07) is 3.04. The molecular weight excluding hydrogens is 238 g/mol. The molecule has 0 amide bonds. The van der Waals surface area contributed by atoms with Gasteiger partial charge in [-0.25, -0.2) is 14.6 Å². The zero-order chi connectivity index (χ0) is 13.5. The van der Waals surface area contributed by atoms with Crippen molar-refractivity contribution in [1.29, 1.82) is 0 Å². The van der Waals surface area contributed by atoms with Gasteiger partial charge in [-0.3, -0.25) is 0 Å². The fraction of sp³-hybridized carbons (Fsp3) is 0.250. The normalized spacial score (nSPS) is 9.61. The largest absolute Gasteiger partial charge is 0.487 e. The van der Waals surface area contributed by atoms with Crippen molar-refractivity contribution in [2.24, 2.45) is 0 Å². The van der Waals surface area contributed by atoms with E-state index < -0.39 is 11.9 Å². The monoisotopic (exact) mass is 251 g/mol. The quantitative estimate of drug-likeness (QED) is 0.465. The van der Waals surface area contributed by atoms with Crippen LogP contribution in [-0.4, -0.2) is 35.2 Å². The number of rotatable bonds is 6. The van der Waals surface area contributed by atoms with Crippen LogP contribution in [0.1, 0.15) is 17.4 Å². The minimum absolute atomic E-state index is 0.0135. The number of aromatic nitrogens is 1. The molecule has 1 aromatic rings. The Morgan fingerprint density at radius 2 is 2.17 bits per heavy atom. The van der Waals surface area contributed by atoms with Gasteiger partial charge in [-0.05, 0) is 19.1 Å². The molecule has 0 aliphatic carbocycles. The fourth-order valence-corrected chi connectivity index (χ4v) is 1.08. The molecule has 0 spiro atoms. The van der Waals surface area contributed by atoms with Gasteiger partial charge < -0.3 is 14.6 Å². The van der Waals surface area contributed by atoms with Gasteiger partial charge in [0.15, 0.2) is 11.4 Å². The number of esters is 1. The SMILES string of the molecule is C=C(C)C(=O)OCCOc1cccnc1C(=O)O. The van der Waals surface area contributed by atoms with E-state index >= 15 is 0 Å².